The van der Waals surface area contributed by atoms with Gasteiger partial charge in [0.25, 0.3) is 0 Å². The lowest BCUT2D eigenvalue weighted by Gasteiger charge is -2.26. The first-order valence-corrected chi connectivity index (χ1v) is 6.10. The third-order valence-corrected chi connectivity index (χ3v) is 3.14. The minimum absolute atomic E-state index is 0.0321. The summed E-state index contributed by atoms with van der Waals surface area (Å²) in [5.41, 5.74) is 5.56. The molecular weight excluding hydrogens is 188 g/mol. The minimum atomic E-state index is -0.0321. The van der Waals surface area contributed by atoms with Crippen LogP contribution in [0.5, 0.6) is 0 Å². The maximum atomic E-state index is 11.4. The van der Waals surface area contributed by atoms with Crippen LogP contribution in [0.3, 0.4) is 0 Å². The molecule has 1 aliphatic carbocycles. The van der Waals surface area contributed by atoms with Crippen LogP contribution in [-0.2, 0) is 4.79 Å². The molecule has 0 aromatic heterocycles. The predicted molar refractivity (Wildman–Crippen MR) is 62.4 cm³/mol. The summed E-state index contributed by atoms with van der Waals surface area (Å²) in [7, 11) is 0. The Hall–Kier alpha value is -0.570. The van der Waals surface area contributed by atoms with Gasteiger partial charge in [-0.05, 0) is 31.6 Å². The van der Waals surface area contributed by atoms with Gasteiger partial charge in [0, 0.05) is 19.0 Å². The first-order chi connectivity index (χ1) is 7.08. The van der Waals surface area contributed by atoms with E-state index in [1.54, 1.807) is 0 Å². The van der Waals surface area contributed by atoms with Crippen LogP contribution in [0.15, 0.2) is 0 Å². The van der Waals surface area contributed by atoms with E-state index in [4.69, 9.17) is 5.73 Å². The van der Waals surface area contributed by atoms with Crippen LogP contribution >= 0.6 is 0 Å². The average molecular weight is 212 g/mol. The molecule has 0 heterocycles. The van der Waals surface area contributed by atoms with Crippen molar-refractivity contribution in [3.8, 4) is 0 Å². The van der Waals surface area contributed by atoms with Gasteiger partial charge in [0.1, 0.15) is 0 Å². The number of nitrogens with one attached hydrogen (secondary N) is 1. The van der Waals surface area contributed by atoms with Gasteiger partial charge < -0.3 is 11.1 Å². The van der Waals surface area contributed by atoms with Crippen molar-refractivity contribution in [2.45, 2.75) is 52.0 Å². The van der Waals surface area contributed by atoms with E-state index in [1.807, 2.05) is 6.92 Å². The Morgan fingerprint density at radius 2 is 2.27 bits per heavy atom. The molecular formula is C12H24N2O. The molecule has 3 unspecified atom stereocenters. The molecule has 1 aliphatic rings. The highest BCUT2D eigenvalue weighted by molar-refractivity contribution is 5.76. The second kappa shape index (κ2) is 6.11. The van der Waals surface area contributed by atoms with E-state index in [9.17, 15) is 4.79 Å². The number of amides is 1. The number of hydrogen-bond donors (Lipinski definition) is 2. The highest BCUT2D eigenvalue weighted by atomic mass is 16.1. The minimum Gasteiger partial charge on any atom is -0.356 e. The first-order valence-electron chi connectivity index (χ1n) is 6.10. The Kier molecular flexibility index (Phi) is 5.09. The molecule has 0 radical (unpaired) electrons. The van der Waals surface area contributed by atoms with Gasteiger partial charge in [-0.3, -0.25) is 4.79 Å². The predicted octanol–water partition coefficient (Wildman–Crippen LogP) is 1.67. The molecule has 1 saturated carbocycles. The van der Waals surface area contributed by atoms with Crippen LogP contribution in [0.1, 0.15) is 46.0 Å². The topological polar surface area (TPSA) is 55.1 Å². The number of rotatable bonds is 4. The lowest BCUT2D eigenvalue weighted by atomic mass is 9.82. The van der Waals surface area contributed by atoms with Gasteiger partial charge in [-0.25, -0.2) is 0 Å². The molecule has 88 valence electrons. The normalized spacial score (nSPS) is 28.5. The van der Waals surface area contributed by atoms with Gasteiger partial charge in [0.05, 0.1) is 0 Å². The van der Waals surface area contributed by atoms with Crippen LogP contribution in [0.4, 0.5) is 0 Å². The molecule has 3 heteroatoms. The Labute approximate surface area is 92.8 Å². The van der Waals surface area contributed by atoms with Crippen molar-refractivity contribution in [1.29, 1.82) is 0 Å². The first kappa shape index (κ1) is 12.5. The molecule has 0 aromatic carbocycles. The molecule has 0 saturated heterocycles. The Bertz CT molecular complexity index is 204. The second-order valence-electron chi connectivity index (χ2n) is 5.12. The summed E-state index contributed by atoms with van der Waals surface area (Å²) in [5.74, 6) is 1.61. The summed E-state index contributed by atoms with van der Waals surface area (Å²) in [6.07, 6.45) is 5.64. The summed E-state index contributed by atoms with van der Waals surface area (Å²) in [4.78, 5) is 11.4. The van der Waals surface area contributed by atoms with Crippen LogP contribution in [0.25, 0.3) is 0 Å². The largest absolute Gasteiger partial charge is 0.356 e. The molecule has 0 bridgehead atoms. The molecule has 3 atom stereocenters. The van der Waals surface area contributed by atoms with E-state index in [0.717, 1.165) is 12.5 Å². The van der Waals surface area contributed by atoms with Crippen molar-refractivity contribution < 1.29 is 4.79 Å². The Morgan fingerprint density at radius 3 is 2.87 bits per heavy atom. The second-order valence-corrected chi connectivity index (χ2v) is 5.12. The zero-order valence-corrected chi connectivity index (χ0v) is 9.96. The zero-order valence-electron chi connectivity index (χ0n) is 9.96. The summed E-state index contributed by atoms with van der Waals surface area (Å²) < 4.78 is 0. The van der Waals surface area contributed by atoms with E-state index >= 15 is 0 Å². The number of nitrogens with two attached hydrogens (primary N) is 1. The number of carbonyl (C=O) groups is 1. The van der Waals surface area contributed by atoms with E-state index in [1.165, 1.54) is 25.7 Å². The van der Waals surface area contributed by atoms with Crippen LogP contribution in [0.2, 0.25) is 0 Å². The number of carbonyl (C=O) groups excluding carboxylic acids is 1. The Morgan fingerprint density at radius 1 is 1.53 bits per heavy atom. The summed E-state index contributed by atoms with van der Waals surface area (Å²) in [6.45, 7) is 5.01. The molecule has 0 aromatic rings. The number of hydrogen-bond acceptors (Lipinski definition) is 2. The van der Waals surface area contributed by atoms with Crippen molar-refractivity contribution in [3.05, 3.63) is 0 Å². The van der Waals surface area contributed by atoms with E-state index in [-0.39, 0.29) is 11.9 Å². The van der Waals surface area contributed by atoms with Gasteiger partial charge >= 0.3 is 0 Å². The molecule has 1 fully saturated rings. The lowest BCUT2D eigenvalue weighted by Crippen LogP contribution is -2.34. The highest BCUT2D eigenvalue weighted by Crippen LogP contribution is 2.27. The van der Waals surface area contributed by atoms with Crippen molar-refractivity contribution in [2.24, 2.45) is 17.6 Å². The Balaban J connectivity index is 2.16. The summed E-state index contributed by atoms with van der Waals surface area (Å²) in [6, 6.07) is -0.0321. The lowest BCUT2D eigenvalue weighted by molar-refractivity contribution is -0.121. The monoisotopic (exact) mass is 212 g/mol. The molecule has 0 aliphatic heterocycles. The maximum Gasteiger partial charge on any atom is 0.221 e. The van der Waals surface area contributed by atoms with Gasteiger partial charge in [-0.15, -0.1) is 0 Å². The molecule has 15 heavy (non-hydrogen) atoms. The van der Waals surface area contributed by atoms with Crippen LogP contribution in [-0.4, -0.2) is 18.5 Å². The van der Waals surface area contributed by atoms with Gasteiger partial charge in [-0.1, -0.05) is 19.8 Å². The molecule has 1 amide bonds. The quantitative estimate of drug-likeness (QED) is 0.744. The van der Waals surface area contributed by atoms with E-state index in [0.29, 0.717) is 12.3 Å². The molecule has 0 spiro atoms. The molecule has 3 N–H and O–H groups in total. The fourth-order valence-corrected chi connectivity index (χ4v) is 2.37. The van der Waals surface area contributed by atoms with Gasteiger partial charge in [-0.2, -0.15) is 0 Å². The van der Waals surface area contributed by atoms with E-state index in [2.05, 4.69) is 12.2 Å². The van der Waals surface area contributed by atoms with Gasteiger partial charge in [0.15, 0.2) is 0 Å². The third kappa shape index (κ3) is 5.17. The van der Waals surface area contributed by atoms with Crippen molar-refractivity contribution >= 4 is 5.91 Å². The average Bonchev–Trinajstić information content (AvgIpc) is 2.14. The smallest absolute Gasteiger partial charge is 0.221 e. The SMILES string of the molecule is CC(N)CC(=O)NCC1CCCC(C)C1. The fraction of sp³-hybridized carbons (Fsp3) is 0.917. The zero-order chi connectivity index (χ0) is 11.3. The fourth-order valence-electron chi connectivity index (χ4n) is 2.37. The molecule has 1 rings (SSSR count). The highest BCUT2D eigenvalue weighted by Gasteiger charge is 2.19. The van der Waals surface area contributed by atoms with Crippen molar-refractivity contribution in [2.75, 3.05) is 6.54 Å². The van der Waals surface area contributed by atoms with Gasteiger partial charge in [0.2, 0.25) is 5.91 Å². The van der Waals surface area contributed by atoms with Crippen LogP contribution < -0.4 is 11.1 Å². The maximum absolute atomic E-state index is 11.4. The summed E-state index contributed by atoms with van der Waals surface area (Å²) >= 11 is 0. The standard InChI is InChI=1S/C12H24N2O/c1-9-4-3-5-11(6-9)8-14-12(15)7-10(2)13/h9-11H,3-8,13H2,1-2H3,(H,14,15). The van der Waals surface area contributed by atoms with Crippen molar-refractivity contribution in [3.63, 3.8) is 0 Å². The van der Waals surface area contributed by atoms with E-state index < -0.39 is 0 Å². The van der Waals surface area contributed by atoms with Crippen LogP contribution in [0, 0.1) is 11.8 Å². The summed E-state index contributed by atoms with van der Waals surface area (Å²) in [5, 5.41) is 2.99. The third-order valence-electron chi connectivity index (χ3n) is 3.14. The molecule has 3 nitrogen and oxygen atoms in total. The van der Waals surface area contributed by atoms with Crippen molar-refractivity contribution in [1.82, 2.24) is 5.32 Å².